The van der Waals surface area contributed by atoms with Crippen LogP contribution in [0, 0.1) is 0 Å². The van der Waals surface area contributed by atoms with E-state index in [1.165, 1.54) is 6.08 Å². The number of aromatic nitrogens is 1. The number of carboxylic acids is 1. The average Bonchev–Trinajstić information content (AvgIpc) is 2.15. The number of hydrogen-bond acceptors (Lipinski definition) is 3. The first-order chi connectivity index (χ1) is 6.20. The smallest absolute Gasteiger partial charge is 0.376 e. The molecule has 0 spiro atoms. The third-order valence-electron chi connectivity index (χ3n) is 1.34. The molecule has 1 rings (SSSR count). The summed E-state index contributed by atoms with van der Waals surface area (Å²) in [4.78, 5) is 24.5. The van der Waals surface area contributed by atoms with Gasteiger partial charge >= 0.3 is 5.97 Å². The van der Waals surface area contributed by atoms with Gasteiger partial charge in [0.25, 0.3) is 5.78 Å². The minimum absolute atomic E-state index is 0.740. The molecule has 0 aliphatic carbocycles. The largest absolute Gasteiger partial charge is 0.475 e. The lowest BCUT2D eigenvalue weighted by molar-refractivity contribution is -0.146. The van der Waals surface area contributed by atoms with E-state index in [1.54, 1.807) is 24.5 Å². The molecule has 1 heterocycles. The summed E-state index contributed by atoms with van der Waals surface area (Å²) in [7, 11) is 0. The summed E-state index contributed by atoms with van der Waals surface area (Å²) in [5, 5.41) is 8.25. The Bertz CT molecular complexity index is 343. The molecule has 0 amide bonds. The van der Waals surface area contributed by atoms with Gasteiger partial charge in [0.05, 0.1) is 0 Å². The van der Waals surface area contributed by atoms with Crippen molar-refractivity contribution in [2.24, 2.45) is 0 Å². The minimum Gasteiger partial charge on any atom is -0.475 e. The molecule has 0 aliphatic heterocycles. The Morgan fingerprint density at radius 1 is 1.31 bits per heavy atom. The Kier molecular flexibility index (Phi) is 2.92. The average molecular weight is 177 g/mol. The van der Waals surface area contributed by atoms with Crippen molar-refractivity contribution in [1.29, 1.82) is 0 Å². The summed E-state index contributed by atoms with van der Waals surface area (Å²) in [6, 6.07) is 3.34. The van der Waals surface area contributed by atoms with Crippen molar-refractivity contribution in [1.82, 2.24) is 4.98 Å². The monoisotopic (exact) mass is 177 g/mol. The molecule has 0 fully saturated rings. The van der Waals surface area contributed by atoms with Crippen LogP contribution in [0.5, 0.6) is 0 Å². The van der Waals surface area contributed by atoms with Gasteiger partial charge in [0.1, 0.15) is 0 Å². The molecule has 66 valence electrons. The quantitative estimate of drug-likeness (QED) is 0.546. The topological polar surface area (TPSA) is 67.3 Å². The van der Waals surface area contributed by atoms with E-state index in [4.69, 9.17) is 5.11 Å². The molecule has 1 N–H and O–H groups in total. The van der Waals surface area contributed by atoms with E-state index in [0.717, 1.165) is 11.6 Å². The van der Waals surface area contributed by atoms with Gasteiger partial charge in [-0.05, 0) is 23.8 Å². The summed E-state index contributed by atoms with van der Waals surface area (Å²) in [5.41, 5.74) is 0.740. The molecule has 1 aromatic rings. The Morgan fingerprint density at radius 3 is 2.46 bits per heavy atom. The van der Waals surface area contributed by atoms with Crippen LogP contribution in [0.2, 0.25) is 0 Å². The number of carbonyl (C=O) groups is 2. The molecule has 0 bridgehead atoms. The van der Waals surface area contributed by atoms with E-state index in [0.29, 0.717) is 0 Å². The molecule has 13 heavy (non-hydrogen) atoms. The molecule has 0 saturated carbocycles. The standard InChI is InChI=1S/C9H7NO3/c11-8(9(12)13)2-1-7-3-5-10-6-4-7/h1-6H,(H,12,13)/b2-1+. The molecule has 4 nitrogen and oxygen atoms in total. The summed E-state index contributed by atoms with van der Waals surface area (Å²) in [5.74, 6) is -2.39. The lowest BCUT2D eigenvalue weighted by Crippen LogP contribution is -2.08. The second kappa shape index (κ2) is 4.15. The number of pyridine rings is 1. The third-order valence-corrected chi connectivity index (χ3v) is 1.34. The fourth-order valence-corrected chi connectivity index (χ4v) is 0.718. The Morgan fingerprint density at radius 2 is 1.92 bits per heavy atom. The first kappa shape index (κ1) is 9.12. The van der Waals surface area contributed by atoms with Crippen molar-refractivity contribution in [3.8, 4) is 0 Å². The number of nitrogens with zero attached hydrogens (tertiary/aromatic N) is 1. The highest BCUT2D eigenvalue weighted by molar-refractivity contribution is 6.38. The van der Waals surface area contributed by atoms with Crippen molar-refractivity contribution in [2.75, 3.05) is 0 Å². The number of carboxylic acid groups (broad SMARTS) is 1. The number of rotatable bonds is 3. The number of carbonyl (C=O) groups excluding carboxylic acids is 1. The first-order valence-corrected chi connectivity index (χ1v) is 3.55. The Labute approximate surface area is 74.5 Å². The summed E-state index contributed by atoms with van der Waals surface area (Å²) in [6.07, 6.45) is 5.56. The number of aliphatic carboxylic acids is 1. The zero-order chi connectivity index (χ0) is 9.68. The maximum Gasteiger partial charge on any atom is 0.376 e. The van der Waals surface area contributed by atoms with Crippen LogP contribution in [-0.2, 0) is 9.59 Å². The fourth-order valence-electron chi connectivity index (χ4n) is 0.718. The van der Waals surface area contributed by atoms with Gasteiger partial charge in [-0.3, -0.25) is 9.78 Å². The van der Waals surface area contributed by atoms with Gasteiger partial charge in [0.15, 0.2) is 0 Å². The molecule has 0 radical (unpaired) electrons. The molecule has 0 aliphatic rings. The van der Waals surface area contributed by atoms with Crippen molar-refractivity contribution in [3.63, 3.8) is 0 Å². The van der Waals surface area contributed by atoms with Gasteiger partial charge in [-0.25, -0.2) is 4.79 Å². The second-order valence-corrected chi connectivity index (χ2v) is 2.28. The van der Waals surface area contributed by atoms with Crippen LogP contribution in [0.4, 0.5) is 0 Å². The SMILES string of the molecule is O=C(O)C(=O)/C=C/c1ccncc1. The van der Waals surface area contributed by atoms with Gasteiger partial charge in [0, 0.05) is 12.4 Å². The van der Waals surface area contributed by atoms with Crippen LogP contribution in [0.3, 0.4) is 0 Å². The predicted octanol–water partition coefficient (Wildman–Crippen LogP) is 0.749. The van der Waals surface area contributed by atoms with E-state index < -0.39 is 11.8 Å². The van der Waals surface area contributed by atoms with Crippen LogP contribution in [0.25, 0.3) is 6.08 Å². The van der Waals surface area contributed by atoms with Gasteiger partial charge < -0.3 is 5.11 Å². The van der Waals surface area contributed by atoms with Gasteiger partial charge in [-0.15, -0.1) is 0 Å². The predicted molar refractivity (Wildman–Crippen MR) is 45.9 cm³/mol. The molecule has 1 aromatic heterocycles. The van der Waals surface area contributed by atoms with Gasteiger partial charge in [-0.2, -0.15) is 0 Å². The fraction of sp³-hybridized carbons (Fsp3) is 0. The van der Waals surface area contributed by atoms with E-state index in [9.17, 15) is 9.59 Å². The number of ketones is 1. The minimum atomic E-state index is -1.45. The Balaban J connectivity index is 2.70. The van der Waals surface area contributed by atoms with Crippen LogP contribution < -0.4 is 0 Å². The third kappa shape index (κ3) is 2.86. The molecule has 0 atom stereocenters. The summed E-state index contributed by atoms with van der Waals surface area (Å²) < 4.78 is 0. The first-order valence-electron chi connectivity index (χ1n) is 3.55. The van der Waals surface area contributed by atoms with Gasteiger partial charge in [-0.1, -0.05) is 6.08 Å². The maximum atomic E-state index is 10.6. The molecular formula is C9H7NO3. The zero-order valence-electron chi connectivity index (χ0n) is 6.68. The van der Waals surface area contributed by atoms with Crippen molar-refractivity contribution in [2.45, 2.75) is 0 Å². The molecule has 0 aromatic carbocycles. The van der Waals surface area contributed by atoms with E-state index in [-0.39, 0.29) is 0 Å². The Hall–Kier alpha value is -1.97. The maximum absolute atomic E-state index is 10.6. The van der Waals surface area contributed by atoms with Crippen LogP contribution in [0.1, 0.15) is 5.56 Å². The molecular weight excluding hydrogens is 170 g/mol. The second-order valence-electron chi connectivity index (χ2n) is 2.28. The zero-order valence-corrected chi connectivity index (χ0v) is 6.68. The summed E-state index contributed by atoms with van der Waals surface area (Å²) in [6.45, 7) is 0. The molecule has 0 unspecified atom stereocenters. The van der Waals surface area contributed by atoms with Crippen molar-refractivity contribution >= 4 is 17.8 Å². The highest BCUT2D eigenvalue weighted by atomic mass is 16.4. The van der Waals surface area contributed by atoms with E-state index in [2.05, 4.69) is 4.98 Å². The highest BCUT2D eigenvalue weighted by Crippen LogP contribution is 1.98. The van der Waals surface area contributed by atoms with E-state index in [1.807, 2.05) is 0 Å². The molecule has 4 heteroatoms. The summed E-state index contributed by atoms with van der Waals surface area (Å²) >= 11 is 0. The van der Waals surface area contributed by atoms with Crippen LogP contribution in [-0.4, -0.2) is 21.8 Å². The van der Waals surface area contributed by atoms with E-state index >= 15 is 0 Å². The van der Waals surface area contributed by atoms with Crippen LogP contribution in [0.15, 0.2) is 30.6 Å². The normalized spacial score (nSPS) is 10.2. The molecule has 0 saturated heterocycles. The highest BCUT2D eigenvalue weighted by Gasteiger charge is 2.04. The lowest BCUT2D eigenvalue weighted by Gasteiger charge is -1.88. The lowest BCUT2D eigenvalue weighted by atomic mass is 10.2. The number of hydrogen-bond donors (Lipinski definition) is 1. The van der Waals surface area contributed by atoms with Crippen LogP contribution >= 0.6 is 0 Å². The van der Waals surface area contributed by atoms with Crippen molar-refractivity contribution in [3.05, 3.63) is 36.2 Å². The van der Waals surface area contributed by atoms with Crippen molar-refractivity contribution < 1.29 is 14.7 Å². The van der Waals surface area contributed by atoms with Gasteiger partial charge in [0.2, 0.25) is 0 Å².